The van der Waals surface area contributed by atoms with E-state index < -0.39 is 0 Å². The molecule has 1 unspecified atom stereocenters. The Hall–Kier alpha value is -1.62. The number of hydrogen-bond donors (Lipinski definition) is 1. The normalized spacial score (nSPS) is 13.2. The molecule has 2 aromatic rings. The number of aryl methyl sites for hydroxylation is 1. The molecule has 2 aromatic heterocycles. The van der Waals surface area contributed by atoms with Gasteiger partial charge in [-0.25, -0.2) is 0 Å². The van der Waals surface area contributed by atoms with Crippen LogP contribution in [-0.2, 0) is 6.42 Å². The number of nitrogens with one attached hydrogen (secondary N) is 1. The molecule has 1 N–H and O–H groups in total. The molecule has 0 spiro atoms. The van der Waals surface area contributed by atoms with Crippen molar-refractivity contribution in [3.05, 3.63) is 23.8 Å². The molecular weight excluding hydrogens is 230 g/mol. The highest BCUT2D eigenvalue weighted by Gasteiger charge is 2.18. The molecule has 0 aliphatic carbocycles. The van der Waals surface area contributed by atoms with E-state index >= 15 is 0 Å². The van der Waals surface area contributed by atoms with Gasteiger partial charge in [-0.3, -0.25) is 0 Å². The monoisotopic (exact) mass is 249 g/mol. The Balaban J connectivity index is 2.14. The largest absolute Gasteiger partial charge is 0.461 e. The maximum Gasteiger partial charge on any atom is 0.238 e. The highest BCUT2D eigenvalue weighted by Crippen LogP contribution is 2.21. The van der Waals surface area contributed by atoms with Crippen molar-refractivity contribution in [3.63, 3.8) is 0 Å². The van der Waals surface area contributed by atoms with Gasteiger partial charge in [-0.2, -0.15) is 4.98 Å². The summed E-state index contributed by atoms with van der Waals surface area (Å²) in [6, 6.07) is 2.21. The van der Waals surface area contributed by atoms with Crippen LogP contribution in [0.5, 0.6) is 0 Å². The van der Waals surface area contributed by atoms with Crippen molar-refractivity contribution < 1.29 is 8.94 Å². The minimum atomic E-state index is 0.330. The second-order valence-corrected chi connectivity index (χ2v) is 4.79. The van der Waals surface area contributed by atoms with Crippen molar-refractivity contribution in [1.29, 1.82) is 0 Å². The predicted octanol–water partition coefficient (Wildman–Crippen LogP) is 2.42. The van der Waals surface area contributed by atoms with Crippen LogP contribution in [0.2, 0.25) is 0 Å². The number of rotatable bonds is 5. The van der Waals surface area contributed by atoms with Crippen molar-refractivity contribution in [3.8, 4) is 11.6 Å². The average molecular weight is 249 g/mol. The fraction of sp³-hybridized carbons (Fsp3) is 0.538. The van der Waals surface area contributed by atoms with Gasteiger partial charge in [-0.1, -0.05) is 19.0 Å². The van der Waals surface area contributed by atoms with E-state index in [1.807, 2.05) is 20.0 Å². The summed E-state index contributed by atoms with van der Waals surface area (Å²) in [6.45, 7) is 6.28. The minimum absolute atomic E-state index is 0.330. The van der Waals surface area contributed by atoms with E-state index in [0.717, 1.165) is 12.0 Å². The van der Waals surface area contributed by atoms with Crippen LogP contribution >= 0.6 is 0 Å². The Kier molecular flexibility index (Phi) is 3.81. The zero-order chi connectivity index (χ0) is 13.1. The maximum atomic E-state index is 5.34. The summed E-state index contributed by atoms with van der Waals surface area (Å²) < 4.78 is 10.6. The predicted molar refractivity (Wildman–Crippen MR) is 68.1 cm³/mol. The summed E-state index contributed by atoms with van der Waals surface area (Å²) >= 11 is 0. The van der Waals surface area contributed by atoms with Crippen LogP contribution < -0.4 is 5.32 Å². The molecule has 0 saturated heterocycles. The molecule has 0 aliphatic rings. The summed E-state index contributed by atoms with van der Waals surface area (Å²) in [6.07, 6.45) is 2.35. The molecule has 2 rings (SSSR count). The molecule has 0 amide bonds. The molecule has 0 bridgehead atoms. The molecule has 5 nitrogen and oxygen atoms in total. The van der Waals surface area contributed by atoms with Crippen LogP contribution in [0.3, 0.4) is 0 Å². The van der Waals surface area contributed by atoms with Gasteiger partial charge in [0.1, 0.15) is 0 Å². The second-order valence-electron chi connectivity index (χ2n) is 4.79. The Morgan fingerprint density at radius 2 is 2.17 bits per heavy atom. The van der Waals surface area contributed by atoms with E-state index in [4.69, 9.17) is 8.94 Å². The first-order chi connectivity index (χ1) is 8.61. The first-order valence-electron chi connectivity index (χ1n) is 6.16. The fourth-order valence-corrected chi connectivity index (χ4v) is 1.89. The number of nitrogens with zero attached hydrogens (tertiary/aromatic N) is 2. The van der Waals surface area contributed by atoms with Gasteiger partial charge in [-0.05, 0) is 31.5 Å². The highest BCUT2D eigenvalue weighted by atomic mass is 16.5. The number of furan rings is 1. The summed E-state index contributed by atoms with van der Waals surface area (Å²) in [5.41, 5.74) is 1.01. The van der Waals surface area contributed by atoms with E-state index in [2.05, 4.69) is 29.3 Å². The van der Waals surface area contributed by atoms with Gasteiger partial charge in [0.2, 0.25) is 11.7 Å². The molecule has 0 aliphatic heterocycles. The lowest BCUT2D eigenvalue weighted by Crippen LogP contribution is -2.32. The molecule has 0 aromatic carbocycles. The van der Waals surface area contributed by atoms with Gasteiger partial charge in [0.05, 0.1) is 6.26 Å². The third kappa shape index (κ3) is 2.61. The molecule has 2 heterocycles. The molecule has 0 saturated carbocycles. The van der Waals surface area contributed by atoms with Crippen LogP contribution in [0.15, 0.2) is 21.3 Å². The smallest absolute Gasteiger partial charge is 0.238 e. The van der Waals surface area contributed by atoms with Crippen LogP contribution in [-0.4, -0.2) is 23.2 Å². The van der Waals surface area contributed by atoms with Crippen LogP contribution in [0.4, 0.5) is 0 Å². The van der Waals surface area contributed by atoms with Gasteiger partial charge < -0.3 is 14.3 Å². The molecule has 5 heteroatoms. The van der Waals surface area contributed by atoms with Crippen LogP contribution in [0.1, 0.15) is 25.3 Å². The number of likely N-dealkylation sites (N-methyl/N-ethyl adjacent to an activating group) is 1. The minimum Gasteiger partial charge on any atom is -0.461 e. The summed E-state index contributed by atoms with van der Waals surface area (Å²) in [7, 11) is 1.94. The standard InChI is InChI=1S/C13H19N3O2/c1-8(2)10(14-4)7-11-15-13(16-18-11)12-9(3)5-6-17-12/h5-6,8,10,14H,7H2,1-4H3. The molecule has 98 valence electrons. The number of hydrogen-bond acceptors (Lipinski definition) is 5. The van der Waals surface area contributed by atoms with E-state index in [0.29, 0.717) is 29.4 Å². The average Bonchev–Trinajstić information content (AvgIpc) is 2.94. The van der Waals surface area contributed by atoms with Crippen LogP contribution in [0, 0.1) is 12.8 Å². The zero-order valence-corrected chi connectivity index (χ0v) is 11.2. The highest BCUT2D eigenvalue weighted by molar-refractivity contribution is 5.50. The maximum absolute atomic E-state index is 5.34. The first-order valence-corrected chi connectivity index (χ1v) is 6.16. The fourth-order valence-electron chi connectivity index (χ4n) is 1.89. The lowest BCUT2D eigenvalue weighted by Gasteiger charge is -2.17. The van der Waals surface area contributed by atoms with E-state index in [1.54, 1.807) is 6.26 Å². The third-order valence-corrected chi connectivity index (χ3v) is 3.10. The van der Waals surface area contributed by atoms with Crippen molar-refractivity contribution in [1.82, 2.24) is 15.5 Å². The molecular formula is C13H19N3O2. The Bertz CT molecular complexity index is 502. The zero-order valence-electron chi connectivity index (χ0n) is 11.2. The molecule has 1 atom stereocenters. The molecule has 0 radical (unpaired) electrons. The Labute approximate surface area is 107 Å². The van der Waals surface area contributed by atoms with E-state index in [-0.39, 0.29) is 0 Å². The van der Waals surface area contributed by atoms with Crippen molar-refractivity contribution in [2.75, 3.05) is 7.05 Å². The second kappa shape index (κ2) is 5.35. The van der Waals surface area contributed by atoms with Gasteiger partial charge in [0.15, 0.2) is 5.76 Å². The quantitative estimate of drug-likeness (QED) is 0.881. The van der Waals surface area contributed by atoms with Gasteiger partial charge in [-0.15, -0.1) is 0 Å². The summed E-state index contributed by atoms with van der Waals surface area (Å²) in [5, 5.41) is 7.21. The first kappa shape index (κ1) is 12.8. The summed E-state index contributed by atoms with van der Waals surface area (Å²) in [5.74, 6) is 2.34. The van der Waals surface area contributed by atoms with E-state index in [1.165, 1.54) is 0 Å². The van der Waals surface area contributed by atoms with Crippen molar-refractivity contribution in [2.24, 2.45) is 5.92 Å². The number of aromatic nitrogens is 2. The summed E-state index contributed by atoms with van der Waals surface area (Å²) in [4.78, 5) is 4.37. The third-order valence-electron chi connectivity index (χ3n) is 3.10. The Morgan fingerprint density at radius 1 is 1.39 bits per heavy atom. The Morgan fingerprint density at radius 3 is 2.72 bits per heavy atom. The SMILES string of the molecule is CNC(Cc1nc(-c2occc2C)no1)C(C)C. The lowest BCUT2D eigenvalue weighted by atomic mass is 10.0. The van der Waals surface area contributed by atoms with Crippen LogP contribution in [0.25, 0.3) is 11.6 Å². The van der Waals surface area contributed by atoms with Crippen molar-refractivity contribution >= 4 is 0 Å². The topological polar surface area (TPSA) is 64.1 Å². The van der Waals surface area contributed by atoms with Crippen molar-refractivity contribution in [2.45, 2.75) is 33.2 Å². The molecule has 0 fully saturated rings. The van der Waals surface area contributed by atoms with E-state index in [9.17, 15) is 0 Å². The lowest BCUT2D eigenvalue weighted by molar-refractivity contribution is 0.335. The molecule has 18 heavy (non-hydrogen) atoms. The van der Waals surface area contributed by atoms with Gasteiger partial charge >= 0.3 is 0 Å². The van der Waals surface area contributed by atoms with Gasteiger partial charge in [0.25, 0.3) is 0 Å². The van der Waals surface area contributed by atoms with Gasteiger partial charge in [0, 0.05) is 12.5 Å².